The molecule has 0 aliphatic heterocycles. The summed E-state index contributed by atoms with van der Waals surface area (Å²) in [6.45, 7) is 0. The fraction of sp³-hybridized carbons (Fsp3) is 0.0741. The van der Waals surface area contributed by atoms with Crippen molar-refractivity contribution in [1.82, 2.24) is 0 Å². The van der Waals surface area contributed by atoms with Gasteiger partial charge in [0.25, 0.3) is 4.83 Å². The Hall–Kier alpha value is -3.30. The number of hydrogen-bond acceptors (Lipinski definition) is 6. The molecule has 35 heavy (non-hydrogen) atoms. The molecule has 0 atom stereocenters. The van der Waals surface area contributed by atoms with Crippen LogP contribution in [0.15, 0.2) is 90.3 Å². The van der Waals surface area contributed by atoms with Crippen molar-refractivity contribution in [1.29, 1.82) is 0 Å². The predicted molar refractivity (Wildman–Crippen MR) is 137 cm³/mol. The number of para-hydroxylation sites is 1. The minimum atomic E-state index is -4.19. The molecule has 0 aliphatic rings. The Morgan fingerprint density at radius 2 is 1.49 bits per heavy atom. The first-order valence-electron chi connectivity index (χ1n) is 10.7. The van der Waals surface area contributed by atoms with E-state index in [1.165, 1.54) is 43.8 Å². The van der Waals surface area contributed by atoms with E-state index in [0.717, 1.165) is 0 Å². The first-order chi connectivity index (χ1) is 16.7. The van der Waals surface area contributed by atoms with Gasteiger partial charge in [0.2, 0.25) is 11.2 Å². The number of hydrogen-bond donors (Lipinski definition) is 3. The predicted octanol–water partition coefficient (Wildman–Crippen LogP) is 3.68. The van der Waals surface area contributed by atoms with Crippen LogP contribution >= 0.6 is 11.3 Å². The molecule has 0 aliphatic carbocycles. The van der Waals surface area contributed by atoms with E-state index in [2.05, 4.69) is 126 Å². The monoisotopic (exact) mass is 509 g/mol. The van der Waals surface area contributed by atoms with Crippen molar-refractivity contribution in [2.75, 3.05) is 19.0 Å². The Bertz CT molecular complexity index is 1450. The molecule has 2 heterocycles. The molecule has 5 rings (SSSR count). The topological polar surface area (TPSA) is 91.1 Å². The third-order valence-electron chi connectivity index (χ3n) is 5.42. The van der Waals surface area contributed by atoms with Gasteiger partial charge in [-0.1, -0.05) is 66.0 Å². The summed E-state index contributed by atoms with van der Waals surface area (Å²) in [4.78, 5) is 3.36. The van der Waals surface area contributed by atoms with E-state index in [0.29, 0.717) is 0 Å². The van der Waals surface area contributed by atoms with E-state index in [4.69, 9.17) is 18.6 Å². The van der Waals surface area contributed by atoms with Crippen LogP contribution in [0, 0.1) is 10.2 Å². The van der Waals surface area contributed by atoms with E-state index < -0.39 is 10.2 Å². The fourth-order valence-electron chi connectivity index (χ4n) is 3.82. The zero-order valence-electron chi connectivity index (χ0n) is 19.2. The SMILES string of the molecule is CN(C)c1ccc(/C=C/c2cc3scc(-c4ccccc4)[n+]3c3ccccc23)cc1.[O-][Cl+](O)(O)O. The molecule has 0 saturated heterocycles. The standard InChI is InChI=1S/C27H23N2S.ClH3O4/c1-28(2)23-16-13-20(14-17-23)12-15-22-18-27-29(25-11-7-6-10-24(22)25)26(19-30-27)21-8-4-3-5-9-21;2-1(3,4)5/h3-19H,1-2H3;2-4H/q+1;. The zero-order valence-corrected chi connectivity index (χ0v) is 20.8. The number of nitrogens with zero attached hydrogens (tertiary/aromatic N) is 2. The van der Waals surface area contributed by atoms with Crippen molar-refractivity contribution in [2.24, 2.45) is 0 Å². The fourth-order valence-corrected chi connectivity index (χ4v) is 4.80. The van der Waals surface area contributed by atoms with Gasteiger partial charge >= 0.3 is 28.9 Å². The molecule has 0 unspecified atom stereocenters. The number of fused-ring (bicyclic) bond motifs is 3. The Kier molecular flexibility index (Phi) is 7.47. The summed E-state index contributed by atoms with van der Waals surface area (Å²) in [6, 6.07) is 30.2. The second-order valence-corrected chi connectivity index (χ2v) is 9.79. The van der Waals surface area contributed by atoms with E-state index in [-0.39, 0.29) is 0 Å². The van der Waals surface area contributed by atoms with Gasteiger partial charge in [-0.3, -0.25) is 0 Å². The average Bonchev–Trinajstić information content (AvgIpc) is 3.26. The number of pyridine rings is 1. The molecule has 0 saturated carbocycles. The van der Waals surface area contributed by atoms with Crippen LogP contribution in [0.5, 0.6) is 0 Å². The number of rotatable bonds is 4. The Balaban J connectivity index is 0.000000527. The number of aromatic nitrogens is 1. The second-order valence-electron chi connectivity index (χ2n) is 8.03. The average molecular weight is 510 g/mol. The molecule has 180 valence electrons. The molecule has 8 heteroatoms. The molecular weight excluding hydrogens is 484 g/mol. The van der Waals surface area contributed by atoms with Crippen LogP contribution < -0.4 is 14.0 Å². The molecule has 3 N–H and O–H groups in total. The van der Waals surface area contributed by atoms with Crippen LogP contribution in [0.3, 0.4) is 0 Å². The maximum absolute atomic E-state index is 8.83. The number of thiazole rings is 1. The van der Waals surface area contributed by atoms with Gasteiger partial charge in [0.15, 0.2) is 0 Å². The molecule has 5 aromatic rings. The number of anilines is 1. The maximum atomic E-state index is 8.83. The number of halogens is 1. The van der Waals surface area contributed by atoms with Gasteiger partial charge in [0.1, 0.15) is 0 Å². The molecule has 0 spiro atoms. The summed E-state index contributed by atoms with van der Waals surface area (Å²) in [5, 5.41) is 3.51. The van der Waals surface area contributed by atoms with Gasteiger partial charge in [-0.2, -0.15) is 0 Å². The van der Waals surface area contributed by atoms with E-state index in [9.17, 15) is 0 Å². The van der Waals surface area contributed by atoms with Gasteiger partial charge in [-0.05, 0) is 41.5 Å². The molecular formula is C27H26ClN2O4S+. The summed E-state index contributed by atoms with van der Waals surface area (Å²) in [6.07, 6.45) is 4.43. The Morgan fingerprint density at radius 1 is 0.857 bits per heavy atom. The second kappa shape index (κ2) is 10.5. The molecule has 0 bridgehead atoms. The summed E-state index contributed by atoms with van der Waals surface area (Å²) in [5.41, 5.74) is 7.36. The summed E-state index contributed by atoms with van der Waals surface area (Å²) < 4.78 is 32.6. The van der Waals surface area contributed by atoms with E-state index >= 15 is 0 Å². The molecule has 0 amide bonds. The van der Waals surface area contributed by atoms with Crippen molar-refractivity contribution < 1.29 is 33.3 Å². The first-order valence-corrected chi connectivity index (χ1v) is 12.9. The van der Waals surface area contributed by atoms with Crippen LogP contribution in [-0.2, 0) is 0 Å². The van der Waals surface area contributed by atoms with E-state index in [1.54, 1.807) is 11.3 Å². The van der Waals surface area contributed by atoms with Gasteiger partial charge in [-0.25, -0.2) is 0 Å². The molecule has 3 aromatic carbocycles. The third kappa shape index (κ3) is 6.23. The third-order valence-corrected chi connectivity index (χ3v) is 6.30. The zero-order chi connectivity index (χ0) is 25.0. The van der Waals surface area contributed by atoms with Crippen molar-refractivity contribution in [2.45, 2.75) is 0 Å². The van der Waals surface area contributed by atoms with Gasteiger partial charge < -0.3 is 4.90 Å². The van der Waals surface area contributed by atoms with Gasteiger partial charge in [-0.15, -0.1) is 4.40 Å². The summed E-state index contributed by atoms with van der Waals surface area (Å²) in [7, 11) is -0.0663. The Morgan fingerprint density at radius 3 is 2.14 bits per heavy atom. The van der Waals surface area contributed by atoms with Crippen molar-refractivity contribution >= 4 is 44.9 Å². The first kappa shape index (κ1) is 24.8. The summed E-state index contributed by atoms with van der Waals surface area (Å²) in [5.74, 6) is 0. The van der Waals surface area contributed by atoms with Gasteiger partial charge in [0, 0.05) is 37.5 Å². The summed E-state index contributed by atoms with van der Waals surface area (Å²) >= 11 is 1.79. The van der Waals surface area contributed by atoms with Crippen LogP contribution in [0.25, 0.3) is 39.1 Å². The van der Waals surface area contributed by atoms with Crippen molar-refractivity contribution in [3.63, 3.8) is 0 Å². The Labute approximate surface area is 209 Å². The van der Waals surface area contributed by atoms with Crippen LogP contribution in [0.1, 0.15) is 11.1 Å². The number of benzene rings is 3. The van der Waals surface area contributed by atoms with Gasteiger partial charge in [0.05, 0.1) is 10.8 Å². The normalized spacial score (nSPS) is 12.1. The molecule has 0 fully saturated rings. The molecule has 6 nitrogen and oxygen atoms in total. The minimum absolute atomic E-state index is 1.20. The van der Waals surface area contributed by atoms with Crippen LogP contribution in [0.2, 0.25) is 0 Å². The molecule has 0 radical (unpaired) electrons. The van der Waals surface area contributed by atoms with Crippen LogP contribution in [0.4, 0.5) is 5.69 Å². The van der Waals surface area contributed by atoms with Crippen LogP contribution in [-0.4, -0.2) is 28.1 Å². The van der Waals surface area contributed by atoms with Crippen molar-refractivity contribution in [3.8, 4) is 11.3 Å². The molecule has 2 aromatic heterocycles. The van der Waals surface area contributed by atoms with Crippen molar-refractivity contribution in [3.05, 3.63) is 101 Å². The van der Waals surface area contributed by atoms with E-state index in [1.807, 2.05) is 0 Å². The quantitative estimate of drug-likeness (QED) is 0.321.